The molecule has 0 bridgehead atoms. The van der Waals surface area contributed by atoms with Crippen LogP contribution in [0.2, 0.25) is 0 Å². The zero-order valence-corrected chi connectivity index (χ0v) is 11.1. The van der Waals surface area contributed by atoms with Crippen molar-refractivity contribution in [1.29, 1.82) is 0 Å². The Kier molecular flexibility index (Phi) is 3.95. The summed E-state index contributed by atoms with van der Waals surface area (Å²) in [6.45, 7) is 0. The molecule has 0 aliphatic carbocycles. The lowest BCUT2D eigenvalue weighted by molar-refractivity contribution is 0.102. The van der Waals surface area contributed by atoms with Gasteiger partial charge in [0.15, 0.2) is 0 Å². The molecule has 0 saturated heterocycles. The molecule has 0 unspecified atom stereocenters. The Bertz CT molecular complexity index is 689. The van der Waals surface area contributed by atoms with Crippen molar-refractivity contribution in [3.05, 3.63) is 59.4 Å². The Morgan fingerprint density at radius 3 is 2.65 bits per heavy atom. The number of nitrogens with one attached hydrogen (secondary N) is 1. The zero-order chi connectivity index (χ0) is 14.7. The van der Waals surface area contributed by atoms with E-state index in [1.165, 1.54) is 24.3 Å². The third-order valence-corrected chi connectivity index (χ3v) is 2.82. The number of phenols is 1. The van der Waals surface area contributed by atoms with Gasteiger partial charge >= 0.3 is 0 Å². The second-order valence-corrected chi connectivity index (χ2v) is 4.50. The first-order chi connectivity index (χ1) is 9.47. The molecule has 0 aliphatic heterocycles. The molecule has 1 amide bonds. The smallest absolute Gasteiger partial charge is 0.255 e. The molecule has 2 aromatic carbocycles. The van der Waals surface area contributed by atoms with Crippen molar-refractivity contribution in [3.63, 3.8) is 0 Å². The Morgan fingerprint density at radius 1 is 1.25 bits per heavy atom. The molecule has 0 saturated carbocycles. The van der Waals surface area contributed by atoms with Crippen molar-refractivity contribution in [1.82, 2.24) is 0 Å². The molecule has 0 fully saturated rings. The third kappa shape index (κ3) is 3.10. The van der Waals surface area contributed by atoms with Crippen LogP contribution in [-0.4, -0.2) is 16.0 Å². The maximum atomic E-state index is 13.2. The summed E-state index contributed by atoms with van der Waals surface area (Å²) in [5.74, 6) is -0.973. The fourth-order valence-electron chi connectivity index (χ4n) is 1.67. The summed E-state index contributed by atoms with van der Waals surface area (Å²) in [5.41, 5.74) is 6.32. The number of amides is 1. The maximum absolute atomic E-state index is 13.2. The van der Waals surface area contributed by atoms with Crippen molar-refractivity contribution in [2.75, 3.05) is 5.32 Å². The highest BCUT2D eigenvalue weighted by Crippen LogP contribution is 2.19. The van der Waals surface area contributed by atoms with Crippen LogP contribution in [0.1, 0.15) is 15.9 Å². The highest BCUT2D eigenvalue weighted by Gasteiger charge is 2.12. The molecule has 0 aromatic heterocycles. The molecule has 4 nitrogen and oxygen atoms in total. The summed E-state index contributed by atoms with van der Waals surface area (Å²) in [6, 6.07) is 9.58. The fourth-order valence-corrected chi connectivity index (χ4v) is 1.84. The lowest BCUT2D eigenvalue weighted by Crippen LogP contribution is -2.17. The quantitative estimate of drug-likeness (QED) is 0.759. The van der Waals surface area contributed by atoms with Crippen LogP contribution in [0.5, 0.6) is 5.75 Å². The number of rotatable bonds is 3. The molecule has 20 heavy (non-hydrogen) atoms. The topological polar surface area (TPSA) is 75.3 Å². The van der Waals surface area contributed by atoms with Gasteiger partial charge in [-0.05, 0) is 36.4 Å². The van der Waals surface area contributed by atoms with Gasteiger partial charge in [-0.15, -0.1) is 0 Å². The van der Waals surface area contributed by atoms with Crippen LogP contribution in [-0.2, 0) is 0 Å². The number of benzene rings is 2. The SMILES string of the molecule is NC(=S)c1cc(F)ccc1NC(=O)c1cccc(O)c1. The van der Waals surface area contributed by atoms with Gasteiger partial charge in [0.05, 0.1) is 5.69 Å². The average molecular weight is 290 g/mol. The zero-order valence-electron chi connectivity index (χ0n) is 10.3. The number of thiocarbonyl (C=S) groups is 1. The summed E-state index contributed by atoms with van der Waals surface area (Å²) in [4.78, 5) is 12.0. The van der Waals surface area contributed by atoms with Crippen LogP contribution in [0, 0.1) is 5.82 Å². The van der Waals surface area contributed by atoms with Crippen molar-refractivity contribution in [2.24, 2.45) is 5.73 Å². The van der Waals surface area contributed by atoms with Crippen LogP contribution in [0.3, 0.4) is 0 Å². The monoisotopic (exact) mass is 290 g/mol. The standard InChI is InChI=1S/C14H11FN2O2S/c15-9-4-5-12(11(7-9)13(16)20)17-14(19)8-2-1-3-10(18)6-8/h1-7,18H,(H2,16,20)(H,17,19). The number of anilines is 1. The van der Waals surface area contributed by atoms with Crippen molar-refractivity contribution in [3.8, 4) is 5.75 Å². The van der Waals surface area contributed by atoms with Gasteiger partial charge in [0.1, 0.15) is 16.6 Å². The molecule has 0 heterocycles. The summed E-state index contributed by atoms with van der Waals surface area (Å²) >= 11 is 4.82. The predicted molar refractivity (Wildman–Crippen MR) is 78.3 cm³/mol. The first-order valence-corrected chi connectivity index (χ1v) is 6.08. The largest absolute Gasteiger partial charge is 0.508 e. The van der Waals surface area contributed by atoms with Crippen LogP contribution in [0.25, 0.3) is 0 Å². The first kappa shape index (κ1) is 14.0. The molecule has 102 valence electrons. The predicted octanol–water partition coefficient (Wildman–Crippen LogP) is 2.42. The summed E-state index contributed by atoms with van der Waals surface area (Å²) in [7, 11) is 0. The van der Waals surface area contributed by atoms with Gasteiger partial charge in [0.2, 0.25) is 0 Å². The number of hydrogen-bond donors (Lipinski definition) is 3. The lowest BCUT2D eigenvalue weighted by atomic mass is 10.1. The van der Waals surface area contributed by atoms with Crippen LogP contribution in [0.4, 0.5) is 10.1 Å². The van der Waals surface area contributed by atoms with E-state index in [2.05, 4.69) is 5.32 Å². The first-order valence-electron chi connectivity index (χ1n) is 5.67. The molecule has 0 aliphatic rings. The minimum absolute atomic E-state index is 0.0179. The van der Waals surface area contributed by atoms with Gasteiger partial charge in [0.25, 0.3) is 5.91 Å². The Labute approximate surface area is 120 Å². The second kappa shape index (κ2) is 5.66. The highest BCUT2D eigenvalue weighted by atomic mass is 32.1. The summed E-state index contributed by atoms with van der Waals surface area (Å²) in [6.07, 6.45) is 0. The van der Waals surface area contributed by atoms with E-state index < -0.39 is 11.7 Å². The summed E-state index contributed by atoms with van der Waals surface area (Å²) in [5, 5.41) is 11.9. The molecular weight excluding hydrogens is 279 g/mol. The molecule has 6 heteroatoms. The molecule has 0 atom stereocenters. The Hall–Kier alpha value is -2.47. The van der Waals surface area contributed by atoms with E-state index in [1.807, 2.05) is 0 Å². The van der Waals surface area contributed by atoms with Gasteiger partial charge in [-0.1, -0.05) is 18.3 Å². The van der Waals surface area contributed by atoms with E-state index in [-0.39, 0.29) is 21.9 Å². The second-order valence-electron chi connectivity index (χ2n) is 4.06. The van der Waals surface area contributed by atoms with Crippen molar-refractivity contribution in [2.45, 2.75) is 0 Å². The van der Waals surface area contributed by atoms with Gasteiger partial charge in [-0.2, -0.15) is 0 Å². The number of halogens is 1. The Balaban J connectivity index is 2.30. The van der Waals surface area contributed by atoms with E-state index in [9.17, 15) is 14.3 Å². The molecule has 4 N–H and O–H groups in total. The Morgan fingerprint density at radius 2 is 2.00 bits per heavy atom. The number of hydrogen-bond acceptors (Lipinski definition) is 3. The van der Waals surface area contributed by atoms with Gasteiger partial charge in [-0.3, -0.25) is 4.79 Å². The van der Waals surface area contributed by atoms with E-state index in [4.69, 9.17) is 18.0 Å². The third-order valence-electron chi connectivity index (χ3n) is 2.60. The average Bonchev–Trinajstić information content (AvgIpc) is 2.40. The molecule has 0 radical (unpaired) electrons. The number of carbonyl (C=O) groups excluding carboxylic acids is 1. The van der Waals surface area contributed by atoms with E-state index in [1.54, 1.807) is 12.1 Å². The van der Waals surface area contributed by atoms with E-state index in [0.29, 0.717) is 5.69 Å². The number of phenolic OH excluding ortho intramolecular Hbond substituents is 1. The minimum Gasteiger partial charge on any atom is -0.508 e. The number of nitrogens with two attached hydrogens (primary N) is 1. The fraction of sp³-hybridized carbons (Fsp3) is 0. The highest BCUT2D eigenvalue weighted by molar-refractivity contribution is 7.80. The van der Waals surface area contributed by atoms with Gasteiger partial charge in [-0.25, -0.2) is 4.39 Å². The molecular formula is C14H11FN2O2S. The summed E-state index contributed by atoms with van der Waals surface area (Å²) < 4.78 is 13.2. The van der Waals surface area contributed by atoms with Gasteiger partial charge in [0, 0.05) is 11.1 Å². The number of aromatic hydroxyl groups is 1. The van der Waals surface area contributed by atoms with Gasteiger partial charge < -0.3 is 16.2 Å². The van der Waals surface area contributed by atoms with Crippen molar-refractivity contribution < 1.29 is 14.3 Å². The minimum atomic E-state index is -0.497. The van der Waals surface area contributed by atoms with E-state index in [0.717, 1.165) is 6.07 Å². The molecule has 0 spiro atoms. The van der Waals surface area contributed by atoms with Crippen LogP contribution in [0.15, 0.2) is 42.5 Å². The number of carbonyl (C=O) groups is 1. The van der Waals surface area contributed by atoms with Crippen LogP contribution >= 0.6 is 12.2 Å². The normalized spacial score (nSPS) is 10.1. The lowest BCUT2D eigenvalue weighted by Gasteiger charge is -2.10. The van der Waals surface area contributed by atoms with Crippen molar-refractivity contribution >= 4 is 28.8 Å². The van der Waals surface area contributed by atoms with E-state index >= 15 is 0 Å². The maximum Gasteiger partial charge on any atom is 0.255 e. The van der Waals surface area contributed by atoms with Crippen LogP contribution < -0.4 is 11.1 Å². The molecule has 2 aromatic rings. The molecule has 2 rings (SSSR count).